The lowest BCUT2D eigenvalue weighted by atomic mass is 10.1. The summed E-state index contributed by atoms with van der Waals surface area (Å²) in [6, 6.07) is 10.7. The van der Waals surface area contributed by atoms with Crippen molar-refractivity contribution in [3.05, 3.63) is 36.4 Å². The lowest BCUT2D eigenvalue weighted by molar-refractivity contribution is -0.115. The van der Waals surface area contributed by atoms with Gasteiger partial charge in [-0.15, -0.1) is 6.42 Å². The molecular weight excluding hydrogens is 326 g/mol. The molecule has 0 aliphatic carbocycles. The van der Waals surface area contributed by atoms with Crippen molar-refractivity contribution in [3.8, 4) is 12.3 Å². The largest absolute Gasteiger partial charge is 0.377 e. The molecule has 0 fully saturated rings. The van der Waals surface area contributed by atoms with E-state index in [-0.39, 0.29) is 18.0 Å². The first-order valence-electron chi connectivity index (χ1n) is 7.30. The van der Waals surface area contributed by atoms with Gasteiger partial charge in [-0.2, -0.15) is 0 Å². The first-order valence-corrected chi connectivity index (χ1v) is 8.78. The Morgan fingerprint density at radius 1 is 1.12 bits per heavy atom. The van der Waals surface area contributed by atoms with Crippen LogP contribution in [0.2, 0.25) is 0 Å². The van der Waals surface area contributed by atoms with Crippen LogP contribution < -0.4 is 14.9 Å². The van der Waals surface area contributed by atoms with E-state index in [4.69, 9.17) is 6.42 Å². The van der Waals surface area contributed by atoms with E-state index in [1.807, 2.05) is 43.1 Å². The second-order valence-electron chi connectivity index (χ2n) is 5.32. The number of amides is 1. The van der Waals surface area contributed by atoms with E-state index in [9.17, 15) is 13.2 Å². The maximum absolute atomic E-state index is 12.6. The Kier molecular flexibility index (Phi) is 5.44. The van der Waals surface area contributed by atoms with Crippen LogP contribution in [0.1, 0.15) is 0 Å². The van der Waals surface area contributed by atoms with Gasteiger partial charge >= 0.3 is 0 Å². The number of anilines is 1. The molecule has 0 bridgehead atoms. The van der Waals surface area contributed by atoms with Crippen molar-refractivity contribution in [2.45, 2.75) is 4.90 Å². The van der Waals surface area contributed by atoms with E-state index in [0.717, 1.165) is 11.1 Å². The second kappa shape index (κ2) is 7.34. The van der Waals surface area contributed by atoms with Gasteiger partial charge in [0.15, 0.2) is 0 Å². The van der Waals surface area contributed by atoms with Gasteiger partial charge in [0.05, 0.1) is 4.90 Å². The van der Waals surface area contributed by atoms with Crippen molar-refractivity contribution in [1.82, 2.24) is 10.0 Å². The van der Waals surface area contributed by atoms with Crippen LogP contribution in [0.4, 0.5) is 5.69 Å². The molecule has 0 radical (unpaired) electrons. The molecule has 0 saturated heterocycles. The molecule has 2 N–H and O–H groups in total. The highest BCUT2D eigenvalue weighted by Gasteiger charge is 2.18. The molecule has 0 saturated carbocycles. The second-order valence-corrected chi connectivity index (χ2v) is 7.06. The summed E-state index contributed by atoms with van der Waals surface area (Å²) in [7, 11) is 0.105. The highest BCUT2D eigenvalue weighted by atomic mass is 32.2. The van der Waals surface area contributed by atoms with E-state index in [1.165, 1.54) is 0 Å². The topological polar surface area (TPSA) is 78.5 Å². The number of nitrogens with one attached hydrogen (secondary N) is 2. The van der Waals surface area contributed by atoms with Crippen LogP contribution >= 0.6 is 0 Å². The summed E-state index contributed by atoms with van der Waals surface area (Å²) in [6.45, 7) is 0.176. The molecule has 2 aromatic carbocycles. The van der Waals surface area contributed by atoms with Gasteiger partial charge in [-0.05, 0) is 18.1 Å². The van der Waals surface area contributed by atoms with Crippen LogP contribution in [0.25, 0.3) is 10.8 Å². The standard InChI is InChI=1S/C17H19N3O3S/c1-4-17(21)18-11-12-19-24(22,23)16-10-6-7-13-14(16)8-5-9-15(13)20(2)3/h1,5-10,19H,11-12H2,2-3H3,(H,18,21). The van der Waals surface area contributed by atoms with Crippen molar-refractivity contribution >= 4 is 32.4 Å². The molecule has 0 heterocycles. The molecule has 6 nitrogen and oxygen atoms in total. The number of rotatable bonds is 6. The molecule has 1 amide bonds. The third-order valence-corrected chi connectivity index (χ3v) is 4.98. The Balaban J connectivity index is 2.29. The van der Waals surface area contributed by atoms with Gasteiger partial charge in [0.2, 0.25) is 10.0 Å². The maximum atomic E-state index is 12.6. The minimum atomic E-state index is -3.71. The van der Waals surface area contributed by atoms with E-state index in [0.29, 0.717) is 5.39 Å². The number of fused-ring (bicyclic) bond motifs is 1. The molecule has 24 heavy (non-hydrogen) atoms. The first kappa shape index (κ1) is 17.8. The van der Waals surface area contributed by atoms with Gasteiger partial charge in [0.25, 0.3) is 5.91 Å². The number of terminal acetylenes is 1. The molecule has 0 aliphatic heterocycles. The number of hydrogen-bond acceptors (Lipinski definition) is 4. The fraction of sp³-hybridized carbons (Fsp3) is 0.235. The Labute approximate surface area is 141 Å². The summed E-state index contributed by atoms with van der Waals surface area (Å²) in [6.07, 6.45) is 4.93. The van der Waals surface area contributed by atoms with Crippen molar-refractivity contribution in [2.75, 3.05) is 32.1 Å². The Morgan fingerprint density at radius 2 is 1.79 bits per heavy atom. The zero-order chi connectivity index (χ0) is 17.7. The first-order chi connectivity index (χ1) is 11.4. The Bertz CT molecular complexity index is 899. The molecule has 0 aromatic heterocycles. The fourth-order valence-corrected chi connectivity index (χ4v) is 3.63. The number of hydrogen-bond donors (Lipinski definition) is 2. The number of nitrogens with zero attached hydrogens (tertiary/aromatic N) is 1. The highest BCUT2D eigenvalue weighted by molar-refractivity contribution is 7.89. The van der Waals surface area contributed by atoms with Crippen LogP contribution in [0, 0.1) is 12.3 Å². The Morgan fingerprint density at radius 3 is 2.46 bits per heavy atom. The number of sulfonamides is 1. The molecule has 0 spiro atoms. The third-order valence-electron chi connectivity index (χ3n) is 3.46. The van der Waals surface area contributed by atoms with E-state index >= 15 is 0 Å². The summed E-state index contributed by atoms with van der Waals surface area (Å²) in [4.78, 5) is 13.1. The van der Waals surface area contributed by atoms with Crippen molar-refractivity contribution in [2.24, 2.45) is 0 Å². The van der Waals surface area contributed by atoms with Crippen molar-refractivity contribution in [1.29, 1.82) is 0 Å². The Hall–Kier alpha value is -2.56. The maximum Gasteiger partial charge on any atom is 0.295 e. The predicted octanol–water partition coefficient (Wildman–Crippen LogP) is 0.934. The van der Waals surface area contributed by atoms with Crippen molar-refractivity contribution in [3.63, 3.8) is 0 Å². The SMILES string of the molecule is C#CC(=O)NCCNS(=O)(=O)c1cccc2c(N(C)C)cccc12. The minimum Gasteiger partial charge on any atom is -0.377 e. The van der Waals surface area contributed by atoms with Crippen LogP contribution in [0.3, 0.4) is 0 Å². The van der Waals surface area contributed by atoms with Crippen LogP contribution in [-0.2, 0) is 14.8 Å². The normalized spacial score (nSPS) is 11.0. The molecule has 0 atom stereocenters. The van der Waals surface area contributed by atoms with Gasteiger partial charge < -0.3 is 10.2 Å². The molecule has 0 unspecified atom stereocenters. The quantitative estimate of drug-likeness (QED) is 0.603. The van der Waals surface area contributed by atoms with E-state index in [2.05, 4.69) is 10.0 Å². The molecule has 2 aromatic rings. The summed E-state index contributed by atoms with van der Waals surface area (Å²) in [5.41, 5.74) is 0.936. The lowest BCUT2D eigenvalue weighted by Gasteiger charge is -2.17. The van der Waals surface area contributed by atoms with E-state index in [1.54, 1.807) is 18.2 Å². The molecule has 126 valence electrons. The lowest BCUT2D eigenvalue weighted by Crippen LogP contribution is -2.34. The van der Waals surface area contributed by atoms with Gasteiger partial charge in [-0.25, -0.2) is 13.1 Å². The third kappa shape index (κ3) is 3.85. The number of carbonyl (C=O) groups is 1. The van der Waals surface area contributed by atoms with Gasteiger partial charge in [-0.3, -0.25) is 4.79 Å². The minimum absolute atomic E-state index is 0.0551. The zero-order valence-corrected chi connectivity index (χ0v) is 14.4. The van der Waals surface area contributed by atoms with E-state index < -0.39 is 15.9 Å². The molecule has 0 aliphatic rings. The predicted molar refractivity (Wildman–Crippen MR) is 95.3 cm³/mol. The average Bonchev–Trinajstić information content (AvgIpc) is 2.57. The van der Waals surface area contributed by atoms with Gasteiger partial charge in [0.1, 0.15) is 0 Å². The highest BCUT2D eigenvalue weighted by Crippen LogP contribution is 2.29. The number of benzene rings is 2. The van der Waals surface area contributed by atoms with Crippen LogP contribution in [-0.4, -0.2) is 41.5 Å². The van der Waals surface area contributed by atoms with Gasteiger partial charge in [-0.1, -0.05) is 24.3 Å². The van der Waals surface area contributed by atoms with Crippen LogP contribution in [0.5, 0.6) is 0 Å². The smallest absolute Gasteiger partial charge is 0.295 e. The summed E-state index contributed by atoms with van der Waals surface area (Å²) in [5.74, 6) is 1.33. The fourth-order valence-electron chi connectivity index (χ4n) is 2.38. The molecular formula is C17H19N3O3S. The monoisotopic (exact) mass is 345 g/mol. The molecule has 2 rings (SSSR count). The van der Waals surface area contributed by atoms with Crippen LogP contribution in [0.15, 0.2) is 41.3 Å². The zero-order valence-electron chi connectivity index (χ0n) is 13.5. The molecule has 7 heteroatoms. The van der Waals surface area contributed by atoms with Gasteiger partial charge in [0, 0.05) is 43.6 Å². The van der Waals surface area contributed by atoms with Crippen molar-refractivity contribution < 1.29 is 13.2 Å². The summed E-state index contributed by atoms with van der Waals surface area (Å²) < 4.78 is 27.6. The average molecular weight is 345 g/mol. The number of carbonyl (C=O) groups excluding carboxylic acids is 1. The summed E-state index contributed by atoms with van der Waals surface area (Å²) in [5, 5.41) is 3.90. The summed E-state index contributed by atoms with van der Waals surface area (Å²) >= 11 is 0.